The first-order valence-electron chi connectivity index (χ1n) is 6.54. The van der Waals surface area contributed by atoms with Gasteiger partial charge in [-0.05, 0) is 30.6 Å². The first kappa shape index (κ1) is 11.9. The van der Waals surface area contributed by atoms with E-state index in [-0.39, 0.29) is 0 Å². The molecule has 1 heterocycles. The fraction of sp³-hybridized carbons (Fsp3) is 0.923. The van der Waals surface area contributed by atoms with Crippen molar-refractivity contribution in [3.05, 3.63) is 0 Å². The number of nitrogens with zero attached hydrogens (tertiary/aromatic N) is 1. The molecule has 0 aromatic carbocycles. The van der Waals surface area contributed by atoms with Crippen LogP contribution in [0.15, 0.2) is 0 Å². The Hall–Kier alpha value is -0.570. The summed E-state index contributed by atoms with van der Waals surface area (Å²) in [5.41, 5.74) is 0.673. The minimum atomic E-state index is -0.664. The number of hydrogen-bond donors (Lipinski definition) is 1. The quantitative estimate of drug-likeness (QED) is 0.781. The second-order valence-electron chi connectivity index (χ2n) is 5.91. The van der Waals surface area contributed by atoms with Gasteiger partial charge in [0.2, 0.25) is 0 Å². The topological polar surface area (TPSA) is 40.5 Å². The van der Waals surface area contributed by atoms with Crippen LogP contribution in [0.3, 0.4) is 0 Å². The lowest BCUT2D eigenvalue weighted by molar-refractivity contribution is -0.137. The molecular weight excluding hydrogens is 202 g/mol. The number of carbonyl (C=O) groups is 1. The van der Waals surface area contributed by atoms with Crippen molar-refractivity contribution in [2.24, 2.45) is 11.3 Å². The van der Waals surface area contributed by atoms with E-state index in [4.69, 9.17) is 5.11 Å². The van der Waals surface area contributed by atoms with Crippen LogP contribution in [0.4, 0.5) is 0 Å². The van der Waals surface area contributed by atoms with Crippen molar-refractivity contribution < 1.29 is 9.90 Å². The molecule has 2 rings (SSSR count). The smallest absolute Gasteiger partial charge is 0.303 e. The lowest BCUT2D eigenvalue weighted by atomic mass is 9.78. The Bertz CT molecular complexity index is 251. The average Bonchev–Trinajstić information content (AvgIpc) is 2.63. The molecule has 2 fully saturated rings. The summed E-state index contributed by atoms with van der Waals surface area (Å²) < 4.78 is 0. The van der Waals surface area contributed by atoms with Gasteiger partial charge in [-0.25, -0.2) is 0 Å². The Balaban J connectivity index is 1.63. The van der Waals surface area contributed by atoms with Crippen LogP contribution in [0, 0.1) is 11.3 Å². The number of aliphatic carboxylic acids is 1. The maximum absolute atomic E-state index is 10.5. The monoisotopic (exact) mass is 225 g/mol. The Morgan fingerprint density at radius 3 is 2.56 bits per heavy atom. The van der Waals surface area contributed by atoms with Gasteiger partial charge in [-0.3, -0.25) is 4.79 Å². The molecule has 1 saturated heterocycles. The first-order valence-corrected chi connectivity index (χ1v) is 6.54. The molecule has 1 atom stereocenters. The van der Waals surface area contributed by atoms with E-state index in [2.05, 4.69) is 11.8 Å². The third kappa shape index (κ3) is 2.76. The Morgan fingerprint density at radius 2 is 2.00 bits per heavy atom. The van der Waals surface area contributed by atoms with E-state index in [1.54, 1.807) is 0 Å². The molecule has 92 valence electrons. The molecule has 1 aliphatic carbocycles. The third-order valence-corrected chi connectivity index (χ3v) is 4.20. The zero-order valence-corrected chi connectivity index (χ0v) is 10.2. The normalized spacial score (nSPS) is 25.6. The number of carboxylic acids is 1. The van der Waals surface area contributed by atoms with Gasteiger partial charge in [-0.2, -0.15) is 0 Å². The average molecular weight is 225 g/mol. The summed E-state index contributed by atoms with van der Waals surface area (Å²) in [6.07, 6.45) is 6.82. The molecule has 0 radical (unpaired) electrons. The van der Waals surface area contributed by atoms with Gasteiger partial charge in [-0.1, -0.05) is 19.8 Å². The highest BCUT2D eigenvalue weighted by molar-refractivity contribution is 5.66. The summed E-state index contributed by atoms with van der Waals surface area (Å²) in [5, 5.41) is 8.62. The molecule has 3 nitrogen and oxygen atoms in total. The Kier molecular flexibility index (Phi) is 3.53. The fourth-order valence-corrected chi connectivity index (χ4v) is 3.37. The molecule has 0 aromatic rings. The first-order chi connectivity index (χ1) is 7.60. The van der Waals surface area contributed by atoms with E-state index in [0.717, 1.165) is 13.0 Å². The highest BCUT2D eigenvalue weighted by Gasteiger charge is 2.44. The Morgan fingerprint density at radius 1 is 1.38 bits per heavy atom. The van der Waals surface area contributed by atoms with Gasteiger partial charge < -0.3 is 10.0 Å². The minimum Gasteiger partial charge on any atom is -0.481 e. The molecule has 0 bridgehead atoms. The van der Waals surface area contributed by atoms with Crippen molar-refractivity contribution in [2.75, 3.05) is 19.6 Å². The molecule has 1 spiro atoms. The van der Waals surface area contributed by atoms with E-state index in [0.29, 0.717) is 17.8 Å². The summed E-state index contributed by atoms with van der Waals surface area (Å²) >= 11 is 0. The van der Waals surface area contributed by atoms with Crippen LogP contribution in [-0.4, -0.2) is 35.6 Å². The van der Waals surface area contributed by atoms with Gasteiger partial charge in [0, 0.05) is 26.1 Å². The van der Waals surface area contributed by atoms with Crippen LogP contribution in [0.2, 0.25) is 0 Å². The second kappa shape index (κ2) is 4.74. The molecular formula is C13H23NO2. The van der Waals surface area contributed by atoms with Crippen molar-refractivity contribution in [3.8, 4) is 0 Å². The zero-order valence-electron chi connectivity index (χ0n) is 10.2. The van der Waals surface area contributed by atoms with Crippen molar-refractivity contribution in [3.63, 3.8) is 0 Å². The minimum absolute atomic E-state index is 0.320. The van der Waals surface area contributed by atoms with Crippen molar-refractivity contribution in [1.82, 2.24) is 4.90 Å². The molecule has 1 saturated carbocycles. The van der Waals surface area contributed by atoms with Crippen LogP contribution in [0.25, 0.3) is 0 Å². The summed E-state index contributed by atoms with van der Waals surface area (Å²) in [6, 6.07) is 0. The molecule has 1 unspecified atom stereocenters. The molecule has 2 aliphatic rings. The number of likely N-dealkylation sites (tertiary alicyclic amines) is 1. The second-order valence-corrected chi connectivity index (χ2v) is 5.91. The molecule has 3 heteroatoms. The molecule has 0 aromatic heterocycles. The Labute approximate surface area is 97.8 Å². The lowest BCUT2D eigenvalue weighted by Crippen LogP contribution is -2.55. The summed E-state index contributed by atoms with van der Waals surface area (Å²) in [6.45, 7) is 5.80. The van der Waals surface area contributed by atoms with Crippen LogP contribution < -0.4 is 0 Å². The highest BCUT2D eigenvalue weighted by Crippen LogP contribution is 2.45. The summed E-state index contributed by atoms with van der Waals surface area (Å²) in [7, 11) is 0. The van der Waals surface area contributed by atoms with Gasteiger partial charge in [-0.15, -0.1) is 0 Å². The predicted octanol–water partition coefficient (Wildman–Crippen LogP) is 2.36. The number of carboxylic acid groups (broad SMARTS) is 1. The molecule has 16 heavy (non-hydrogen) atoms. The van der Waals surface area contributed by atoms with Gasteiger partial charge >= 0.3 is 5.97 Å². The third-order valence-electron chi connectivity index (χ3n) is 4.20. The maximum atomic E-state index is 10.5. The van der Waals surface area contributed by atoms with Gasteiger partial charge in [0.1, 0.15) is 0 Å². The van der Waals surface area contributed by atoms with Crippen LogP contribution in [-0.2, 0) is 4.79 Å². The van der Waals surface area contributed by atoms with E-state index in [1.807, 2.05) is 0 Å². The van der Waals surface area contributed by atoms with E-state index < -0.39 is 5.97 Å². The van der Waals surface area contributed by atoms with Crippen LogP contribution in [0.5, 0.6) is 0 Å². The molecule has 0 amide bonds. The largest absolute Gasteiger partial charge is 0.481 e. The van der Waals surface area contributed by atoms with Crippen molar-refractivity contribution in [2.45, 2.75) is 45.4 Å². The summed E-state index contributed by atoms with van der Waals surface area (Å²) in [5.74, 6) is -0.141. The lowest BCUT2D eigenvalue weighted by Gasteiger charge is -2.49. The van der Waals surface area contributed by atoms with Gasteiger partial charge in [0.05, 0.1) is 0 Å². The summed E-state index contributed by atoms with van der Waals surface area (Å²) in [4.78, 5) is 13.0. The van der Waals surface area contributed by atoms with Gasteiger partial charge in [0.25, 0.3) is 0 Å². The van der Waals surface area contributed by atoms with E-state index >= 15 is 0 Å². The van der Waals surface area contributed by atoms with E-state index in [9.17, 15) is 4.79 Å². The van der Waals surface area contributed by atoms with Crippen LogP contribution >= 0.6 is 0 Å². The number of hydrogen-bond acceptors (Lipinski definition) is 2. The molecule has 1 aliphatic heterocycles. The standard InChI is InChI=1S/C13H23NO2/c1-11(4-5-12(15)16)8-14-9-13(10-14)6-2-3-7-13/h11H,2-10H2,1H3,(H,15,16). The molecule has 1 N–H and O–H groups in total. The fourth-order valence-electron chi connectivity index (χ4n) is 3.37. The predicted molar refractivity (Wildman–Crippen MR) is 63.4 cm³/mol. The van der Waals surface area contributed by atoms with Crippen LogP contribution in [0.1, 0.15) is 45.4 Å². The number of rotatable bonds is 5. The van der Waals surface area contributed by atoms with Crippen molar-refractivity contribution in [1.29, 1.82) is 0 Å². The highest BCUT2D eigenvalue weighted by atomic mass is 16.4. The van der Waals surface area contributed by atoms with Gasteiger partial charge in [0.15, 0.2) is 0 Å². The maximum Gasteiger partial charge on any atom is 0.303 e. The van der Waals surface area contributed by atoms with Crippen molar-refractivity contribution >= 4 is 5.97 Å². The zero-order chi connectivity index (χ0) is 11.6. The van der Waals surface area contributed by atoms with E-state index in [1.165, 1.54) is 38.8 Å². The SMILES string of the molecule is CC(CCC(=O)O)CN1CC2(CCCC2)C1.